The lowest BCUT2D eigenvalue weighted by molar-refractivity contribution is 1.34. The highest BCUT2D eigenvalue weighted by Gasteiger charge is 2.19. The van der Waals surface area contributed by atoms with Gasteiger partial charge in [0.15, 0.2) is 0 Å². The Balaban J connectivity index is 1.47. The highest BCUT2D eigenvalue weighted by Crippen LogP contribution is 2.43. The Morgan fingerprint density at radius 2 is 1.05 bits per heavy atom. The summed E-state index contributed by atoms with van der Waals surface area (Å²) >= 11 is 0. The van der Waals surface area contributed by atoms with Gasteiger partial charge in [-0.2, -0.15) is 0 Å². The number of nitrogens with one attached hydrogen (secondary N) is 1. The molecule has 8 rings (SSSR count). The van der Waals surface area contributed by atoms with Gasteiger partial charge in [-0.3, -0.25) is 4.98 Å². The first-order valence-corrected chi connectivity index (χ1v) is 13.3. The fourth-order valence-corrected chi connectivity index (χ4v) is 5.97. The number of H-pyrrole nitrogens is 1. The molecule has 0 radical (unpaired) electrons. The number of para-hydroxylation sites is 1. The zero-order chi connectivity index (χ0) is 25.8. The van der Waals surface area contributed by atoms with Gasteiger partial charge < -0.3 is 4.98 Å². The van der Waals surface area contributed by atoms with Crippen LogP contribution in [0.25, 0.3) is 76.9 Å². The molecule has 1 N–H and O–H groups in total. The molecule has 39 heavy (non-hydrogen) atoms. The van der Waals surface area contributed by atoms with Gasteiger partial charge in [0, 0.05) is 28.0 Å². The quantitative estimate of drug-likeness (QED) is 0.259. The molecule has 2 aromatic heterocycles. The summed E-state index contributed by atoms with van der Waals surface area (Å²) in [6, 6.07) is 47.8. The summed E-state index contributed by atoms with van der Waals surface area (Å²) in [7, 11) is 0. The molecule has 0 bridgehead atoms. The molecule has 182 valence electrons. The molecular formula is C37H24N2. The summed E-state index contributed by atoms with van der Waals surface area (Å²) in [4.78, 5) is 8.74. The molecule has 0 saturated carbocycles. The van der Waals surface area contributed by atoms with E-state index < -0.39 is 0 Å². The first kappa shape index (κ1) is 21.8. The number of fused-ring (bicyclic) bond motifs is 5. The SMILES string of the molecule is c1cc(-c2ccc3ccccc3c2)c(-c2nccc3c2[nH]c2ccccc23)c(-c2ccc3ccccc3c2)c1. The van der Waals surface area contributed by atoms with Crippen LogP contribution in [0, 0.1) is 0 Å². The maximum Gasteiger partial charge on any atom is 0.0955 e. The number of benzene rings is 6. The fraction of sp³-hybridized carbons (Fsp3) is 0. The van der Waals surface area contributed by atoms with Gasteiger partial charge >= 0.3 is 0 Å². The molecule has 0 spiro atoms. The minimum absolute atomic E-state index is 0.968. The molecule has 0 atom stereocenters. The first-order valence-electron chi connectivity index (χ1n) is 13.3. The molecule has 0 aliphatic rings. The third kappa shape index (κ3) is 3.53. The third-order valence-electron chi connectivity index (χ3n) is 7.85. The van der Waals surface area contributed by atoms with Crippen LogP contribution in [0.4, 0.5) is 0 Å². The van der Waals surface area contributed by atoms with Crippen LogP contribution in [0.2, 0.25) is 0 Å². The van der Waals surface area contributed by atoms with Crippen LogP contribution >= 0.6 is 0 Å². The van der Waals surface area contributed by atoms with Crippen LogP contribution in [0.15, 0.2) is 140 Å². The van der Waals surface area contributed by atoms with E-state index >= 15 is 0 Å². The Kier molecular flexibility index (Phi) is 4.86. The second-order valence-corrected chi connectivity index (χ2v) is 10.1. The van der Waals surface area contributed by atoms with Crippen LogP contribution in [0.1, 0.15) is 0 Å². The van der Waals surface area contributed by atoms with Crippen molar-refractivity contribution in [3.8, 4) is 33.5 Å². The molecule has 0 fully saturated rings. The topological polar surface area (TPSA) is 28.7 Å². The van der Waals surface area contributed by atoms with Gasteiger partial charge in [-0.15, -0.1) is 0 Å². The highest BCUT2D eigenvalue weighted by atomic mass is 14.8. The zero-order valence-corrected chi connectivity index (χ0v) is 21.2. The van der Waals surface area contributed by atoms with Gasteiger partial charge in [-0.05, 0) is 68.1 Å². The van der Waals surface area contributed by atoms with E-state index in [1.165, 1.54) is 54.6 Å². The van der Waals surface area contributed by atoms with E-state index in [1.807, 2.05) is 6.20 Å². The zero-order valence-electron chi connectivity index (χ0n) is 21.2. The Bertz CT molecular complexity index is 2090. The van der Waals surface area contributed by atoms with Crippen molar-refractivity contribution in [2.75, 3.05) is 0 Å². The summed E-state index contributed by atoms with van der Waals surface area (Å²) in [5.74, 6) is 0. The maximum atomic E-state index is 5.04. The van der Waals surface area contributed by atoms with Crippen molar-refractivity contribution < 1.29 is 0 Å². The molecular weight excluding hydrogens is 472 g/mol. The maximum absolute atomic E-state index is 5.04. The Hall–Kier alpha value is -5.21. The number of rotatable bonds is 3. The Morgan fingerprint density at radius 3 is 1.72 bits per heavy atom. The van der Waals surface area contributed by atoms with Crippen molar-refractivity contribution >= 4 is 43.4 Å². The minimum atomic E-state index is 0.968. The average Bonchev–Trinajstić information content (AvgIpc) is 3.39. The lowest BCUT2D eigenvalue weighted by atomic mass is 9.88. The van der Waals surface area contributed by atoms with Crippen molar-refractivity contribution in [1.29, 1.82) is 0 Å². The smallest absolute Gasteiger partial charge is 0.0955 e. The lowest BCUT2D eigenvalue weighted by Gasteiger charge is -2.17. The Labute approximate surface area is 226 Å². The number of pyridine rings is 1. The summed E-state index contributed by atoms with van der Waals surface area (Å²) in [5, 5.41) is 7.34. The summed E-state index contributed by atoms with van der Waals surface area (Å²) in [6.07, 6.45) is 1.94. The van der Waals surface area contributed by atoms with Crippen LogP contribution in [-0.2, 0) is 0 Å². The van der Waals surface area contributed by atoms with Gasteiger partial charge in [-0.1, -0.05) is 109 Å². The van der Waals surface area contributed by atoms with E-state index in [0.717, 1.165) is 22.3 Å². The van der Waals surface area contributed by atoms with Crippen molar-refractivity contribution in [3.05, 3.63) is 140 Å². The normalized spacial score (nSPS) is 11.6. The molecule has 0 unspecified atom stereocenters. The molecule has 2 heteroatoms. The van der Waals surface area contributed by atoms with Crippen molar-refractivity contribution in [2.45, 2.75) is 0 Å². The van der Waals surface area contributed by atoms with E-state index in [1.54, 1.807) is 0 Å². The number of hydrogen-bond acceptors (Lipinski definition) is 1. The Morgan fingerprint density at radius 1 is 0.462 bits per heavy atom. The molecule has 0 saturated heterocycles. The monoisotopic (exact) mass is 496 g/mol. The molecule has 6 aromatic carbocycles. The van der Waals surface area contributed by atoms with E-state index in [9.17, 15) is 0 Å². The van der Waals surface area contributed by atoms with E-state index in [-0.39, 0.29) is 0 Å². The molecule has 0 amide bonds. The standard InChI is InChI=1S/C37H24N2/c1-3-10-26-22-28(18-16-24(26)8-1)30-13-7-14-31(29-19-17-25-9-2-4-11-27(25)23-29)35(30)37-36-33(20-21-38-37)32-12-5-6-15-34(32)39-36/h1-23,39H. The second kappa shape index (κ2) is 8.68. The van der Waals surface area contributed by atoms with Crippen LogP contribution in [-0.4, -0.2) is 9.97 Å². The molecule has 0 aliphatic heterocycles. The van der Waals surface area contributed by atoms with Gasteiger partial charge in [-0.25, -0.2) is 0 Å². The van der Waals surface area contributed by atoms with Gasteiger partial charge in [0.2, 0.25) is 0 Å². The predicted molar refractivity (Wildman–Crippen MR) is 165 cm³/mol. The number of nitrogens with zero attached hydrogens (tertiary/aromatic N) is 1. The van der Waals surface area contributed by atoms with E-state index in [2.05, 4.69) is 138 Å². The predicted octanol–water partition coefficient (Wildman–Crippen LogP) is 10.0. The van der Waals surface area contributed by atoms with Gasteiger partial charge in [0.25, 0.3) is 0 Å². The summed E-state index contributed by atoms with van der Waals surface area (Å²) < 4.78 is 0. The lowest BCUT2D eigenvalue weighted by Crippen LogP contribution is -1.94. The number of aromatic amines is 1. The summed E-state index contributed by atoms with van der Waals surface area (Å²) in [5.41, 5.74) is 9.00. The van der Waals surface area contributed by atoms with Gasteiger partial charge in [0.05, 0.1) is 11.2 Å². The van der Waals surface area contributed by atoms with Crippen molar-refractivity contribution in [1.82, 2.24) is 9.97 Å². The van der Waals surface area contributed by atoms with E-state index in [4.69, 9.17) is 4.98 Å². The molecule has 2 heterocycles. The van der Waals surface area contributed by atoms with Crippen molar-refractivity contribution in [3.63, 3.8) is 0 Å². The summed E-state index contributed by atoms with van der Waals surface area (Å²) in [6.45, 7) is 0. The third-order valence-corrected chi connectivity index (χ3v) is 7.85. The van der Waals surface area contributed by atoms with Crippen molar-refractivity contribution in [2.24, 2.45) is 0 Å². The largest absolute Gasteiger partial charge is 0.353 e. The van der Waals surface area contributed by atoms with Gasteiger partial charge in [0.1, 0.15) is 0 Å². The second-order valence-electron chi connectivity index (χ2n) is 10.1. The highest BCUT2D eigenvalue weighted by molar-refractivity contribution is 6.13. The van der Waals surface area contributed by atoms with Crippen LogP contribution in [0.3, 0.4) is 0 Å². The first-order chi connectivity index (χ1) is 19.3. The average molecular weight is 497 g/mol. The molecule has 2 nitrogen and oxygen atoms in total. The number of aromatic nitrogens is 2. The molecule has 0 aliphatic carbocycles. The minimum Gasteiger partial charge on any atom is -0.353 e. The fourth-order valence-electron chi connectivity index (χ4n) is 5.97. The van der Waals surface area contributed by atoms with E-state index in [0.29, 0.717) is 0 Å². The number of hydrogen-bond donors (Lipinski definition) is 1. The molecule has 8 aromatic rings. The van der Waals surface area contributed by atoms with Crippen LogP contribution in [0.5, 0.6) is 0 Å². The van der Waals surface area contributed by atoms with Crippen LogP contribution < -0.4 is 0 Å².